The first kappa shape index (κ1) is 18.2. The second-order valence-electron chi connectivity index (χ2n) is 5.92. The summed E-state index contributed by atoms with van der Waals surface area (Å²) in [7, 11) is 0. The van der Waals surface area contributed by atoms with Gasteiger partial charge in [-0.05, 0) is 50.6 Å². The highest BCUT2D eigenvalue weighted by atomic mass is 32.2. The van der Waals surface area contributed by atoms with Gasteiger partial charge in [0.15, 0.2) is 4.34 Å². The van der Waals surface area contributed by atoms with Crippen molar-refractivity contribution in [3.8, 4) is 0 Å². The summed E-state index contributed by atoms with van der Waals surface area (Å²) < 4.78 is 0.798. The molecule has 0 saturated carbocycles. The molecule has 1 saturated heterocycles. The molecular weight excluding hydrogens is 354 g/mol. The highest BCUT2D eigenvalue weighted by Crippen LogP contribution is 2.25. The van der Waals surface area contributed by atoms with E-state index < -0.39 is 0 Å². The molecule has 2 heterocycles. The van der Waals surface area contributed by atoms with Gasteiger partial charge >= 0.3 is 0 Å². The molecule has 134 valence electrons. The van der Waals surface area contributed by atoms with Crippen LogP contribution >= 0.6 is 23.1 Å². The Morgan fingerprint density at radius 2 is 2.00 bits per heavy atom. The number of nitrogens with one attached hydrogen (secondary N) is 2. The van der Waals surface area contributed by atoms with Crippen LogP contribution in [-0.4, -0.2) is 46.4 Å². The lowest BCUT2D eigenvalue weighted by atomic mass is 10.2. The fourth-order valence-corrected chi connectivity index (χ4v) is 4.33. The molecule has 1 fully saturated rings. The van der Waals surface area contributed by atoms with Crippen molar-refractivity contribution in [2.45, 2.75) is 30.6 Å². The van der Waals surface area contributed by atoms with Gasteiger partial charge in [-0.15, -0.1) is 10.2 Å². The van der Waals surface area contributed by atoms with E-state index in [-0.39, 0.29) is 5.91 Å². The topological polar surface area (TPSA) is 70.1 Å². The average Bonchev–Trinajstić information content (AvgIpc) is 3.27. The van der Waals surface area contributed by atoms with Crippen molar-refractivity contribution in [3.05, 3.63) is 29.8 Å². The van der Waals surface area contributed by atoms with Crippen LogP contribution in [0.4, 0.5) is 10.8 Å². The minimum absolute atomic E-state index is 0.0301. The van der Waals surface area contributed by atoms with Crippen molar-refractivity contribution in [1.29, 1.82) is 0 Å². The molecule has 6 nitrogen and oxygen atoms in total. The maximum atomic E-state index is 12.1. The van der Waals surface area contributed by atoms with Gasteiger partial charge in [0.25, 0.3) is 0 Å². The maximum absolute atomic E-state index is 12.1. The van der Waals surface area contributed by atoms with E-state index in [1.165, 1.54) is 54.6 Å². The molecule has 1 amide bonds. The number of anilines is 2. The molecule has 1 aromatic carbocycles. The van der Waals surface area contributed by atoms with Crippen molar-refractivity contribution >= 4 is 39.8 Å². The third-order valence-corrected chi connectivity index (χ3v) is 5.92. The van der Waals surface area contributed by atoms with Crippen molar-refractivity contribution < 1.29 is 4.79 Å². The largest absolute Gasteiger partial charge is 0.360 e. The molecule has 3 rings (SSSR count). The van der Waals surface area contributed by atoms with Crippen molar-refractivity contribution in [2.24, 2.45) is 0 Å². The summed E-state index contributed by atoms with van der Waals surface area (Å²) in [6, 6.07) is 8.13. The fourth-order valence-electron chi connectivity index (χ4n) is 2.71. The number of carbonyl (C=O) groups excluding carboxylic acids is 1. The predicted octanol–water partition coefficient (Wildman–Crippen LogP) is 3.30. The molecule has 0 aliphatic carbocycles. The van der Waals surface area contributed by atoms with Gasteiger partial charge in [-0.3, -0.25) is 9.69 Å². The van der Waals surface area contributed by atoms with Crippen LogP contribution in [0, 0.1) is 0 Å². The third kappa shape index (κ3) is 5.69. The molecular formula is C17H23N5OS2. The van der Waals surface area contributed by atoms with Crippen LogP contribution < -0.4 is 10.6 Å². The number of benzene rings is 1. The Bertz CT molecular complexity index is 683. The normalized spacial score (nSPS) is 14.6. The summed E-state index contributed by atoms with van der Waals surface area (Å²) in [4.78, 5) is 14.5. The quantitative estimate of drug-likeness (QED) is 0.688. The molecule has 0 atom stereocenters. The van der Waals surface area contributed by atoms with Crippen LogP contribution in [0.5, 0.6) is 0 Å². The van der Waals surface area contributed by atoms with E-state index in [9.17, 15) is 4.79 Å². The summed E-state index contributed by atoms with van der Waals surface area (Å²) in [6.45, 7) is 6.20. The molecule has 0 unspecified atom stereocenters. The SMILES string of the molecule is CCNc1nnc(SCC(=O)Nc2ccc(CN3CCCC3)cc2)s1. The Kier molecular flexibility index (Phi) is 6.66. The van der Waals surface area contributed by atoms with Crippen molar-refractivity contribution in [1.82, 2.24) is 15.1 Å². The summed E-state index contributed by atoms with van der Waals surface area (Å²) in [5, 5.41) is 14.9. The zero-order valence-corrected chi connectivity index (χ0v) is 16.0. The van der Waals surface area contributed by atoms with Crippen molar-refractivity contribution in [2.75, 3.05) is 36.0 Å². The molecule has 1 aliphatic heterocycles. The molecule has 0 radical (unpaired) electrons. The van der Waals surface area contributed by atoms with E-state index in [0.717, 1.165) is 28.2 Å². The smallest absolute Gasteiger partial charge is 0.234 e. The van der Waals surface area contributed by atoms with E-state index in [4.69, 9.17) is 0 Å². The Labute approximate surface area is 156 Å². The number of likely N-dealkylation sites (tertiary alicyclic amines) is 1. The first-order chi connectivity index (χ1) is 12.2. The van der Waals surface area contributed by atoms with Crippen molar-refractivity contribution in [3.63, 3.8) is 0 Å². The Balaban J connectivity index is 1.43. The van der Waals surface area contributed by atoms with Crippen LogP contribution in [0.25, 0.3) is 0 Å². The van der Waals surface area contributed by atoms with E-state index in [1.807, 2.05) is 19.1 Å². The van der Waals surface area contributed by atoms with Gasteiger partial charge in [-0.2, -0.15) is 0 Å². The van der Waals surface area contributed by atoms with Gasteiger partial charge in [0.1, 0.15) is 0 Å². The second-order valence-corrected chi connectivity index (χ2v) is 8.12. The van der Waals surface area contributed by atoms with E-state index >= 15 is 0 Å². The predicted molar refractivity (Wildman–Crippen MR) is 104 cm³/mol. The Hall–Kier alpha value is -1.64. The molecule has 2 N–H and O–H groups in total. The van der Waals surface area contributed by atoms with Crippen LogP contribution in [0.3, 0.4) is 0 Å². The number of hydrogen-bond acceptors (Lipinski definition) is 7. The lowest BCUT2D eigenvalue weighted by Crippen LogP contribution is -2.18. The van der Waals surface area contributed by atoms with Crippen LogP contribution in [-0.2, 0) is 11.3 Å². The molecule has 8 heteroatoms. The number of hydrogen-bond donors (Lipinski definition) is 2. The maximum Gasteiger partial charge on any atom is 0.234 e. The number of thioether (sulfide) groups is 1. The Morgan fingerprint density at radius 3 is 2.72 bits per heavy atom. The van der Waals surface area contributed by atoms with Gasteiger partial charge in [0.05, 0.1) is 5.75 Å². The molecule has 0 spiro atoms. The number of nitrogens with zero attached hydrogens (tertiary/aromatic N) is 3. The lowest BCUT2D eigenvalue weighted by molar-refractivity contribution is -0.113. The molecule has 0 bridgehead atoms. The fraction of sp³-hybridized carbons (Fsp3) is 0.471. The zero-order chi connectivity index (χ0) is 17.5. The number of carbonyl (C=O) groups is 1. The van der Waals surface area contributed by atoms with Gasteiger partial charge in [0, 0.05) is 18.8 Å². The highest BCUT2D eigenvalue weighted by molar-refractivity contribution is 8.01. The molecule has 1 aliphatic rings. The number of rotatable bonds is 8. The first-order valence-corrected chi connectivity index (χ1v) is 10.3. The highest BCUT2D eigenvalue weighted by Gasteiger charge is 2.12. The molecule has 1 aromatic heterocycles. The molecule has 2 aromatic rings. The van der Waals surface area contributed by atoms with Gasteiger partial charge < -0.3 is 10.6 Å². The molecule has 25 heavy (non-hydrogen) atoms. The van der Waals surface area contributed by atoms with Crippen LogP contribution in [0.1, 0.15) is 25.3 Å². The van der Waals surface area contributed by atoms with E-state index in [0.29, 0.717) is 5.75 Å². The standard InChI is InChI=1S/C17H23N5OS2/c1-2-18-16-20-21-17(25-16)24-12-15(23)19-14-7-5-13(6-8-14)11-22-9-3-4-10-22/h5-8H,2-4,9-12H2,1H3,(H,18,20)(H,19,23). The van der Waals surface area contributed by atoms with Gasteiger partial charge in [0.2, 0.25) is 11.0 Å². The lowest BCUT2D eigenvalue weighted by Gasteiger charge is -2.14. The summed E-state index contributed by atoms with van der Waals surface area (Å²) >= 11 is 2.87. The van der Waals surface area contributed by atoms with E-state index in [2.05, 4.69) is 37.9 Å². The van der Waals surface area contributed by atoms with Gasteiger partial charge in [-0.1, -0.05) is 35.2 Å². The van der Waals surface area contributed by atoms with Crippen LogP contribution in [0.15, 0.2) is 28.6 Å². The number of amides is 1. The first-order valence-electron chi connectivity index (χ1n) is 8.54. The summed E-state index contributed by atoms with van der Waals surface area (Å²) in [6.07, 6.45) is 2.60. The monoisotopic (exact) mass is 377 g/mol. The summed E-state index contributed by atoms with van der Waals surface area (Å²) in [5.74, 6) is 0.300. The van der Waals surface area contributed by atoms with Crippen LogP contribution in [0.2, 0.25) is 0 Å². The number of aromatic nitrogens is 2. The van der Waals surface area contributed by atoms with E-state index in [1.54, 1.807) is 0 Å². The second kappa shape index (κ2) is 9.17. The third-order valence-electron chi connectivity index (χ3n) is 3.90. The zero-order valence-electron chi connectivity index (χ0n) is 14.3. The van der Waals surface area contributed by atoms with Gasteiger partial charge in [-0.25, -0.2) is 0 Å². The Morgan fingerprint density at radius 1 is 1.24 bits per heavy atom. The minimum Gasteiger partial charge on any atom is -0.360 e. The minimum atomic E-state index is -0.0301. The average molecular weight is 378 g/mol. The summed E-state index contributed by atoms with van der Waals surface area (Å²) in [5.41, 5.74) is 2.13.